The number of benzene rings is 1. The highest BCUT2D eigenvalue weighted by Crippen LogP contribution is 2.18. The molecule has 0 N–H and O–H groups in total. The van der Waals surface area contributed by atoms with Crippen LogP contribution in [0.25, 0.3) is 0 Å². The Hall–Kier alpha value is -0.700. The molecule has 0 aliphatic heterocycles. The average molecular weight is 598 g/mol. The molecule has 0 spiro atoms. The first-order chi connectivity index (χ1) is 18.3. The molecule has 0 unspecified atom stereocenters. The molecule has 0 amide bonds. The molecule has 0 aliphatic carbocycles. The maximum Gasteiger partial charge on any atom is 0.0721 e. The van der Waals surface area contributed by atoms with Crippen LogP contribution in [-0.2, 0) is 60.6 Å². The average Bonchev–Trinajstić information content (AvgIpc) is 2.90. The van der Waals surface area contributed by atoms with E-state index in [0.717, 1.165) is 15.6 Å². The second kappa shape index (κ2) is 26.9. The number of methoxy groups -OCH3 is 2. The Balaban J connectivity index is 2.01. The highest BCUT2D eigenvalue weighted by Gasteiger charge is 2.05. The maximum atomic E-state index is 5.79. The van der Waals surface area contributed by atoms with Gasteiger partial charge in [-0.2, -0.15) is 0 Å². The first-order valence-corrected chi connectivity index (χ1v) is 13.4. The minimum absolute atomic E-state index is 0.486. The van der Waals surface area contributed by atoms with Gasteiger partial charge in [-0.15, -0.1) is 0 Å². The van der Waals surface area contributed by atoms with E-state index >= 15 is 0 Å². The predicted molar refractivity (Wildman–Crippen MR) is 142 cm³/mol. The van der Waals surface area contributed by atoms with Gasteiger partial charge in [-0.3, -0.25) is 0 Å². The summed E-state index contributed by atoms with van der Waals surface area (Å²) in [4.78, 5) is 0. The second-order valence-electron chi connectivity index (χ2n) is 7.68. The molecule has 0 aromatic heterocycles. The third-order valence-corrected chi connectivity index (χ3v) is 5.27. The van der Waals surface area contributed by atoms with E-state index in [1.165, 1.54) is 0 Å². The summed E-state index contributed by atoms with van der Waals surface area (Å²) >= 11 is 3.53. The van der Waals surface area contributed by atoms with Crippen molar-refractivity contribution >= 4 is 15.9 Å². The van der Waals surface area contributed by atoms with Crippen LogP contribution in [0.15, 0.2) is 22.7 Å². The highest BCUT2D eigenvalue weighted by molar-refractivity contribution is 9.10. The number of ether oxygens (including phenoxy) is 10. The summed E-state index contributed by atoms with van der Waals surface area (Å²) in [6.07, 6.45) is 0. The van der Waals surface area contributed by atoms with Crippen molar-refractivity contribution in [3.63, 3.8) is 0 Å². The van der Waals surface area contributed by atoms with Crippen molar-refractivity contribution in [1.29, 1.82) is 0 Å². The molecule has 1 aromatic carbocycles. The Morgan fingerprint density at radius 3 is 1.14 bits per heavy atom. The molecule has 0 aliphatic rings. The minimum atomic E-state index is 0.486. The first kappa shape index (κ1) is 34.3. The molecule has 0 atom stereocenters. The van der Waals surface area contributed by atoms with E-state index in [0.29, 0.717) is 119 Å². The van der Waals surface area contributed by atoms with Gasteiger partial charge in [-0.05, 0) is 23.3 Å². The third kappa shape index (κ3) is 21.9. The van der Waals surface area contributed by atoms with Crippen molar-refractivity contribution in [2.45, 2.75) is 13.2 Å². The minimum Gasteiger partial charge on any atom is -0.382 e. The van der Waals surface area contributed by atoms with Crippen molar-refractivity contribution in [2.24, 2.45) is 0 Å². The monoisotopic (exact) mass is 596 g/mol. The smallest absolute Gasteiger partial charge is 0.0721 e. The van der Waals surface area contributed by atoms with E-state index in [9.17, 15) is 0 Å². The van der Waals surface area contributed by atoms with Gasteiger partial charge in [0.25, 0.3) is 0 Å². The van der Waals surface area contributed by atoms with Crippen LogP contribution in [0.1, 0.15) is 11.1 Å². The van der Waals surface area contributed by atoms with Crippen molar-refractivity contribution in [1.82, 2.24) is 0 Å². The summed E-state index contributed by atoms with van der Waals surface area (Å²) in [6.45, 7) is 9.67. The van der Waals surface area contributed by atoms with Crippen molar-refractivity contribution in [2.75, 3.05) is 120 Å². The molecular formula is C26H45BrO10. The molecule has 0 saturated carbocycles. The summed E-state index contributed by atoms with van der Waals surface area (Å²) in [5, 5.41) is 0. The summed E-state index contributed by atoms with van der Waals surface area (Å²) in [6, 6.07) is 6.09. The van der Waals surface area contributed by atoms with Crippen LogP contribution < -0.4 is 0 Å². The van der Waals surface area contributed by atoms with Gasteiger partial charge in [0, 0.05) is 18.7 Å². The molecule has 0 radical (unpaired) electrons. The zero-order valence-corrected chi connectivity index (χ0v) is 24.0. The van der Waals surface area contributed by atoms with E-state index in [2.05, 4.69) is 22.0 Å². The number of hydrogen-bond donors (Lipinski definition) is 0. The summed E-state index contributed by atoms with van der Waals surface area (Å²) < 4.78 is 55.0. The molecule has 0 heterocycles. The largest absolute Gasteiger partial charge is 0.382 e. The summed E-state index contributed by atoms with van der Waals surface area (Å²) in [7, 11) is 3.30. The van der Waals surface area contributed by atoms with Crippen LogP contribution in [0, 0.1) is 0 Å². The maximum absolute atomic E-state index is 5.79. The summed E-state index contributed by atoms with van der Waals surface area (Å²) in [5.41, 5.74) is 2.16. The normalized spacial score (nSPS) is 11.4. The Kier molecular flexibility index (Phi) is 24.9. The fourth-order valence-electron chi connectivity index (χ4n) is 2.84. The lowest BCUT2D eigenvalue weighted by atomic mass is 10.1. The third-order valence-electron chi connectivity index (χ3n) is 4.78. The van der Waals surface area contributed by atoms with Crippen molar-refractivity contribution < 1.29 is 47.4 Å². The fraction of sp³-hybridized carbons (Fsp3) is 0.769. The number of rotatable bonds is 28. The lowest BCUT2D eigenvalue weighted by molar-refractivity contribution is -0.0111. The molecule has 0 saturated heterocycles. The molecule has 0 bridgehead atoms. The van der Waals surface area contributed by atoms with Crippen LogP contribution in [0.3, 0.4) is 0 Å². The standard InChI is InChI=1S/C26H45BrO10/c1-28-5-7-30-9-11-32-13-15-34-17-19-36-22-24-3-4-26(27)21-25(24)23-37-20-18-35-16-14-33-12-10-31-8-6-29-2/h3-4,21H,5-20,22-23H2,1-2H3. The van der Waals surface area contributed by atoms with Crippen molar-refractivity contribution in [3.8, 4) is 0 Å². The summed E-state index contributed by atoms with van der Waals surface area (Å²) in [5.74, 6) is 0. The van der Waals surface area contributed by atoms with Crippen LogP contribution in [0.2, 0.25) is 0 Å². The number of hydrogen-bond acceptors (Lipinski definition) is 10. The number of halogens is 1. The topological polar surface area (TPSA) is 92.3 Å². The quantitative estimate of drug-likeness (QED) is 0.134. The van der Waals surface area contributed by atoms with E-state index in [1.54, 1.807) is 14.2 Å². The molecule has 11 heteroatoms. The van der Waals surface area contributed by atoms with Crippen LogP contribution in [0.4, 0.5) is 0 Å². The van der Waals surface area contributed by atoms with Gasteiger partial charge >= 0.3 is 0 Å². The van der Waals surface area contributed by atoms with Gasteiger partial charge in [0.15, 0.2) is 0 Å². The highest BCUT2D eigenvalue weighted by atomic mass is 79.9. The lowest BCUT2D eigenvalue weighted by Gasteiger charge is -2.12. The fourth-order valence-corrected chi connectivity index (χ4v) is 3.25. The molecule has 216 valence electrons. The second-order valence-corrected chi connectivity index (χ2v) is 8.59. The molecule has 1 rings (SSSR count). The Morgan fingerprint density at radius 1 is 0.432 bits per heavy atom. The van der Waals surface area contributed by atoms with Crippen LogP contribution in [-0.4, -0.2) is 120 Å². The molecule has 1 aromatic rings. The molecule has 0 fully saturated rings. The van der Waals surface area contributed by atoms with E-state index in [1.807, 2.05) is 12.1 Å². The molecule has 37 heavy (non-hydrogen) atoms. The van der Waals surface area contributed by atoms with Gasteiger partial charge in [0.2, 0.25) is 0 Å². The lowest BCUT2D eigenvalue weighted by Crippen LogP contribution is -2.13. The predicted octanol–water partition coefficient (Wildman–Crippen LogP) is 2.87. The van der Waals surface area contributed by atoms with Crippen LogP contribution in [0.5, 0.6) is 0 Å². The Labute approximate surface area is 230 Å². The first-order valence-electron chi connectivity index (χ1n) is 12.6. The van der Waals surface area contributed by atoms with Gasteiger partial charge < -0.3 is 47.4 Å². The van der Waals surface area contributed by atoms with Gasteiger partial charge in [-0.1, -0.05) is 22.0 Å². The van der Waals surface area contributed by atoms with E-state index in [4.69, 9.17) is 47.4 Å². The van der Waals surface area contributed by atoms with Gasteiger partial charge in [0.05, 0.1) is 119 Å². The Bertz CT molecular complexity index is 623. The van der Waals surface area contributed by atoms with E-state index in [-0.39, 0.29) is 0 Å². The zero-order chi connectivity index (χ0) is 26.7. The van der Waals surface area contributed by atoms with Gasteiger partial charge in [0.1, 0.15) is 0 Å². The SMILES string of the molecule is COCCOCCOCCOCCOCc1ccc(Br)cc1COCCOCCOCCOCCOC. The van der Waals surface area contributed by atoms with E-state index < -0.39 is 0 Å². The van der Waals surface area contributed by atoms with Crippen molar-refractivity contribution in [3.05, 3.63) is 33.8 Å². The van der Waals surface area contributed by atoms with Crippen LogP contribution >= 0.6 is 15.9 Å². The molecule has 10 nitrogen and oxygen atoms in total. The molecular weight excluding hydrogens is 552 g/mol. The van der Waals surface area contributed by atoms with Gasteiger partial charge in [-0.25, -0.2) is 0 Å². The Morgan fingerprint density at radius 2 is 0.757 bits per heavy atom. The zero-order valence-electron chi connectivity index (χ0n) is 22.4.